The Balaban J connectivity index is 1.65. The lowest BCUT2D eigenvalue weighted by Gasteiger charge is -2.23. The molecule has 6 nitrogen and oxygen atoms in total. The molecule has 1 aromatic heterocycles. The van der Waals surface area contributed by atoms with Crippen LogP contribution in [-0.2, 0) is 22.5 Å². The van der Waals surface area contributed by atoms with Gasteiger partial charge in [0.2, 0.25) is 0 Å². The molecule has 2 aromatic rings. The maximum absolute atomic E-state index is 12.7. The summed E-state index contributed by atoms with van der Waals surface area (Å²) in [5.41, 5.74) is 1.68. The summed E-state index contributed by atoms with van der Waals surface area (Å²) >= 11 is 0. The van der Waals surface area contributed by atoms with Crippen LogP contribution in [0.5, 0.6) is 11.5 Å². The summed E-state index contributed by atoms with van der Waals surface area (Å²) in [6.07, 6.45) is 2.55. The lowest BCUT2D eigenvalue weighted by Crippen LogP contribution is -2.37. The van der Waals surface area contributed by atoms with Gasteiger partial charge in [0.1, 0.15) is 5.60 Å². The summed E-state index contributed by atoms with van der Waals surface area (Å²) in [6.45, 7) is 5.38. The van der Waals surface area contributed by atoms with E-state index >= 15 is 0 Å². The maximum atomic E-state index is 12.7. The largest absolute Gasteiger partial charge is 0.483 e. The Hall–Kier alpha value is -2.60. The number of carbonyl (C=O) groups is 1. The van der Waals surface area contributed by atoms with E-state index in [4.69, 9.17) is 14.2 Å². The molecule has 0 atom stereocenters. The highest BCUT2D eigenvalue weighted by Gasteiger charge is 2.32. The van der Waals surface area contributed by atoms with Gasteiger partial charge in [0.15, 0.2) is 18.1 Å². The molecule has 1 aliphatic rings. The van der Waals surface area contributed by atoms with Crippen molar-refractivity contribution in [1.29, 1.82) is 0 Å². The highest BCUT2D eigenvalue weighted by molar-refractivity contribution is 5.78. The Kier molecular flexibility index (Phi) is 5.96. The first-order chi connectivity index (χ1) is 13.0. The number of pyridine rings is 1. The van der Waals surface area contributed by atoms with E-state index in [1.54, 1.807) is 18.2 Å². The Morgan fingerprint density at radius 1 is 1.26 bits per heavy atom. The quantitative estimate of drug-likeness (QED) is 0.715. The number of hydrogen-bond donors (Lipinski definition) is 0. The maximum Gasteiger partial charge on any atom is 0.260 e. The molecular weight excluding hydrogens is 344 g/mol. The van der Waals surface area contributed by atoms with Gasteiger partial charge in [-0.3, -0.25) is 9.78 Å². The zero-order chi connectivity index (χ0) is 19.3. The highest BCUT2D eigenvalue weighted by atomic mass is 16.5. The van der Waals surface area contributed by atoms with Gasteiger partial charge in [0.05, 0.1) is 18.8 Å². The van der Waals surface area contributed by atoms with Crippen LogP contribution < -0.4 is 9.47 Å². The molecule has 0 spiro atoms. The zero-order valence-electron chi connectivity index (χ0n) is 16.1. The van der Waals surface area contributed by atoms with E-state index in [2.05, 4.69) is 4.98 Å². The number of benzene rings is 1. The van der Waals surface area contributed by atoms with Crippen LogP contribution in [0.4, 0.5) is 0 Å². The number of hydrogen-bond acceptors (Lipinski definition) is 5. The second-order valence-electron chi connectivity index (χ2n) is 7.20. The number of amides is 1. The fourth-order valence-electron chi connectivity index (χ4n) is 3.11. The molecule has 1 amide bonds. The minimum absolute atomic E-state index is 0.0587. The van der Waals surface area contributed by atoms with Crippen molar-refractivity contribution in [3.8, 4) is 11.5 Å². The molecule has 2 heterocycles. The number of aromatic nitrogens is 1. The van der Waals surface area contributed by atoms with E-state index in [0.717, 1.165) is 23.4 Å². The minimum Gasteiger partial charge on any atom is -0.483 e. The van der Waals surface area contributed by atoms with Crippen molar-refractivity contribution in [3.63, 3.8) is 0 Å². The third-order valence-corrected chi connectivity index (χ3v) is 4.40. The van der Waals surface area contributed by atoms with Crippen LogP contribution in [0.2, 0.25) is 0 Å². The van der Waals surface area contributed by atoms with Crippen LogP contribution >= 0.6 is 0 Å². The lowest BCUT2D eigenvalue weighted by atomic mass is 10.0. The van der Waals surface area contributed by atoms with Gasteiger partial charge in [0.25, 0.3) is 5.91 Å². The van der Waals surface area contributed by atoms with Gasteiger partial charge in [0, 0.05) is 31.8 Å². The van der Waals surface area contributed by atoms with Gasteiger partial charge in [-0.15, -0.1) is 0 Å². The topological polar surface area (TPSA) is 60.9 Å². The first-order valence-electron chi connectivity index (χ1n) is 9.09. The Morgan fingerprint density at radius 2 is 2.11 bits per heavy atom. The van der Waals surface area contributed by atoms with Gasteiger partial charge in [-0.25, -0.2) is 0 Å². The molecule has 1 aliphatic heterocycles. The molecule has 144 valence electrons. The van der Waals surface area contributed by atoms with Crippen molar-refractivity contribution in [3.05, 3.63) is 53.9 Å². The molecule has 3 rings (SSSR count). The van der Waals surface area contributed by atoms with Crippen LogP contribution in [0.25, 0.3) is 0 Å². The number of methoxy groups -OCH3 is 1. The van der Waals surface area contributed by atoms with Crippen molar-refractivity contribution < 1.29 is 19.0 Å². The van der Waals surface area contributed by atoms with Crippen LogP contribution in [0.3, 0.4) is 0 Å². The summed E-state index contributed by atoms with van der Waals surface area (Å²) in [5.74, 6) is 1.23. The van der Waals surface area contributed by atoms with E-state index in [0.29, 0.717) is 25.4 Å². The molecule has 0 unspecified atom stereocenters. The van der Waals surface area contributed by atoms with E-state index in [1.165, 1.54) is 0 Å². The average Bonchev–Trinajstić information content (AvgIpc) is 2.98. The Labute approximate surface area is 160 Å². The second-order valence-corrected chi connectivity index (χ2v) is 7.20. The van der Waals surface area contributed by atoms with Gasteiger partial charge in [-0.05, 0) is 32.0 Å². The van der Waals surface area contributed by atoms with Gasteiger partial charge in [-0.1, -0.05) is 18.2 Å². The van der Waals surface area contributed by atoms with Crippen molar-refractivity contribution in [1.82, 2.24) is 9.88 Å². The summed E-state index contributed by atoms with van der Waals surface area (Å²) < 4.78 is 17.0. The van der Waals surface area contributed by atoms with E-state index in [-0.39, 0.29) is 18.1 Å². The Morgan fingerprint density at radius 3 is 2.85 bits per heavy atom. The fraction of sp³-hybridized carbons (Fsp3) is 0.429. The van der Waals surface area contributed by atoms with E-state index < -0.39 is 0 Å². The zero-order valence-corrected chi connectivity index (χ0v) is 16.1. The molecule has 0 fully saturated rings. The van der Waals surface area contributed by atoms with Crippen LogP contribution in [-0.4, -0.2) is 48.3 Å². The van der Waals surface area contributed by atoms with Gasteiger partial charge >= 0.3 is 0 Å². The molecule has 0 aliphatic carbocycles. The first-order valence-corrected chi connectivity index (χ1v) is 9.09. The molecule has 27 heavy (non-hydrogen) atoms. The van der Waals surface area contributed by atoms with E-state index in [1.807, 2.05) is 50.2 Å². The van der Waals surface area contributed by atoms with E-state index in [9.17, 15) is 4.79 Å². The SMILES string of the molecule is COCCN(Cc1ccccn1)C(=O)COc1cccc2c1OC(C)(C)C2. The number of para-hydroxylation sites is 1. The van der Waals surface area contributed by atoms with Gasteiger partial charge in [-0.2, -0.15) is 0 Å². The predicted octanol–water partition coefficient (Wildman–Crippen LogP) is 2.85. The Bertz CT molecular complexity index is 777. The molecule has 0 N–H and O–H groups in total. The summed E-state index contributed by atoms with van der Waals surface area (Å²) in [4.78, 5) is 18.7. The first kappa shape index (κ1) is 19.2. The smallest absolute Gasteiger partial charge is 0.260 e. The molecule has 0 saturated carbocycles. The summed E-state index contributed by atoms with van der Waals surface area (Å²) in [7, 11) is 1.62. The summed E-state index contributed by atoms with van der Waals surface area (Å²) in [6, 6.07) is 11.5. The lowest BCUT2D eigenvalue weighted by molar-refractivity contribution is -0.134. The highest BCUT2D eigenvalue weighted by Crippen LogP contribution is 2.41. The van der Waals surface area contributed by atoms with Crippen LogP contribution in [0.15, 0.2) is 42.6 Å². The average molecular weight is 370 g/mol. The third-order valence-electron chi connectivity index (χ3n) is 4.40. The monoisotopic (exact) mass is 370 g/mol. The molecule has 0 saturated heterocycles. The number of nitrogens with zero attached hydrogens (tertiary/aromatic N) is 2. The molecule has 6 heteroatoms. The van der Waals surface area contributed by atoms with Crippen molar-refractivity contribution in [2.45, 2.75) is 32.4 Å². The number of carbonyl (C=O) groups excluding carboxylic acids is 1. The number of fused-ring (bicyclic) bond motifs is 1. The van der Waals surface area contributed by atoms with Crippen molar-refractivity contribution in [2.24, 2.45) is 0 Å². The molecular formula is C21H26N2O4. The minimum atomic E-state index is -0.255. The normalized spacial score (nSPS) is 14.3. The van der Waals surface area contributed by atoms with Gasteiger partial charge < -0.3 is 19.1 Å². The van der Waals surface area contributed by atoms with Crippen LogP contribution in [0.1, 0.15) is 25.1 Å². The molecule has 0 radical (unpaired) electrons. The molecule has 0 bridgehead atoms. The third kappa shape index (κ3) is 4.98. The second kappa shape index (κ2) is 8.39. The molecule has 1 aromatic carbocycles. The van der Waals surface area contributed by atoms with Crippen molar-refractivity contribution in [2.75, 3.05) is 26.9 Å². The number of rotatable bonds is 8. The number of ether oxygens (including phenoxy) is 3. The predicted molar refractivity (Wildman–Crippen MR) is 102 cm³/mol. The fourth-order valence-corrected chi connectivity index (χ4v) is 3.11. The van der Waals surface area contributed by atoms with Crippen molar-refractivity contribution >= 4 is 5.91 Å². The standard InChI is InChI=1S/C21H26N2O4/c1-21(2)13-16-7-6-9-18(20(16)27-21)26-15-19(24)23(11-12-25-3)14-17-8-4-5-10-22-17/h4-10H,11-15H2,1-3H3. The summed E-state index contributed by atoms with van der Waals surface area (Å²) in [5, 5.41) is 0. The van der Waals surface area contributed by atoms with Crippen LogP contribution in [0, 0.1) is 0 Å².